The molecule has 0 bridgehead atoms. The Morgan fingerprint density at radius 2 is 1.95 bits per heavy atom. The zero-order valence-electron chi connectivity index (χ0n) is 10.4. The molecule has 2 atom stereocenters. The number of carbonyl (C=O) groups is 1. The van der Waals surface area contributed by atoms with Crippen LogP contribution in [0.5, 0.6) is 0 Å². The van der Waals surface area contributed by atoms with Crippen LogP contribution in [-0.4, -0.2) is 5.78 Å². The van der Waals surface area contributed by atoms with E-state index in [9.17, 15) is 9.18 Å². The zero-order valence-corrected chi connectivity index (χ0v) is 10.4. The van der Waals surface area contributed by atoms with E-state index in [0.29, 0.717) is 0 Å². The molecule has 1 saturated carbocycles. The molecule has 1 spiro atoms. The molecule has 0 saturated heterocycles. The SMILES string of the molecule is O=C1c2ccccc2C[C@]12C[C@@H]2c1cccc(F)c1. The molecule has 1 fully saturated rings. The van der Waals surface area contributed by atoms with E-state index in [0.717, 1.165) is 29.5 Å². The summed E-state index contributed by atoms with van der Waals surface area (Å²) in [4.78, 5) is 12.6. The maximum Gasteiger partial charge on any atom is 0.170 e. The van der Waals surface area contributed by atoms with Crippen molar-refractivity contribution in [2.75, 3.05) is 0 Å². The van der Waals surface area contributed by atoms with Gasteiger partial charge in [0.1, 0.15) is 5.82 Å². The summed E-state index contributed by atoms with van der Waals surface area (Å²) >= 11 is 0. The summed E-state index contributed by atoms with van der Waals surface area (Å²) in [5.74, 6) is 0.211. The lowest BCUT2D eigenvalue weighted by Crippen LogP contribution is -2.12. The largest absolute Gasteiger partial charge is 0.294 e. The highest BCUT2D eigenvalue weighted by atomic mass is 19.1. The van der Waals surface area contributed by atoms with Gasteiger partial charge in [0.05, 0.1) is 0 Å². The minimum absolute atomic E-state index is 0.183. The van der Waals surface area contributed by atoms with Gasteiger partial charge in [-0.3, -0.25) is 4.79 Å². The average Bonchev–Trinajstić information content (AvgIpc) is 3.07. The van der Waals surface area contributed by atoms with E-state index in [4.69, 9.17) is 0 Å². The van der Waals surface area contributed by atoms with Crippen molar-refractivity contribution in [3.05, 3.63) is 71.0 Å². The Bertz CT molecular complexity index is 691. The Hall–Kier alpha value is -1.96. The third-order valence-electron chi connectivity index (χ3n) is 4.55. The highest BCUT2D eigenvalue weighted by Gasteiger charge is 2.63. The Morgan fingerprint density at radius 1 is 1.11 bits per heavy atom. The van der Waals surface area contributed by atoms with E-state index < -0.39 is 0 Å². The normalized spacial score (nSPS) is 27.6. The molecule has 1 nitrogen and oxygen atoms in total. The van der Waals surface area contributed by atoms with Gasteiger partial charge < -0.3 is 0 Å². The lowest BCUT2D eigenvalue weighted by molar-refractivity contribution is 0.0914. The van der Waals surface area contributed by atoms with E-state index in [2.05, 4.69) is 0 Å². The summed E-state index contributed by atoms with van der Waals surface area (Å²) in [5, 5.41) is 0. The molecule has 0 N–H and O–H groups in total. The highest BCUT2D eigenvalue weighted by Crippen LogP contribution is 2.65. The second kappa shape index (κ2) is 3.53. The highest BCUT2D eigenvalue weighted by molar-refractivity contribution is 6.07. The number of fused-ring (bicyclic) bond motifs is 1. The van der Waals surface area contributed by atoms with Crippen LogP contribution in [-0.2, 0) is 6.42 Å². The predicted molar refractivity (Wildman–Crippen MR) is 70.7 cm³/mol. The van der Waals surface area contributed by atoms with Crippen LogP contribution in [0.25, 0.3) is 0 Å². The first-order valence-corrected chi connectivity index (χ1v) is 6.59. The van der Waals surface area contributed by atoms with Gasteiger partial charge in [-0.05, 0) is 42.0 Å². The molecular weight excluding hydrogens is 239 g/mol. The van der Waals surface area contributed by atoms with Gasteiger partial charge in [0.2, 0.25) is 0 Å². The van der Waals surface area contributed by atoms with Crippen molar-refractivity contribution in [3.8, 4) is 0 Å². The van der Waals surface area contributed by atoms with Crippen molar-refractivity contribution in [3.63, 3.8) is 0 Å². The number of hydrogen-bond acceptors (Lipinski definition) is 1. The summed E-state index contributed by atoms with van der Waals surface area (Å²) in [5.41, 5.74) is 2.69. The number of halogens is 1. The van der Waals surface area contributed by atoms with Crippen molar-refractivity contribution in [1.82, 2.24) is 0 Å². The number of Topliss-reactive ketones (excluding diaryl/α,β-unsaturated/α-hetero) is 1. The van der Waals surface area contributed by atoms with Crippen LogP contribution in [0.15, 0.2) is 48.5 Å². The van der Waals surface area contributed by atoms with Gasteiger partial charge in [-0.2, -0.15) is 0 Å². The second-order valence-electron chi connectivity index (χ2n) is 5.63. The molecule has 0 aliphatic heterocycles. The Labute approximate surface area is 111 Å². The topological polar surface area (TPSA) is 17.1 Å². The summed E-state index contributed by atoms with van der Waals surface area (Å²) in [6, 6.07) is 14.5. The third-order valence-corrected chi connectivity index (χ3v) is 4.55. The van der Waals surface area contributed by atoms with Gasteiger partial charge in [-0.1, -0.05) is 36.4 Å². The first-order chi connectivity index (χ1) is 9.21. The van der Waals surface area contributed by atoms with Crippen LogP contribution in [0.3, 0.4) is 0 Å². The van der Waals surface area contributed by atoms with Crippen LogP contribution in [0, 0.1) is 11.2 Å². The van der Waals surface area contributed by atoms with Gasteiger partial charge in [-0.15, -0.1) is 0 Å². The molecule has 0 heterocycles. The van der Waals surface area contributed by atoms with Crippen LogP contribution in [0.4, 0.5) is 4.39 Å². The van der Waals surface area contributed by atoms with E-state index >= 15 is 0 Å². The molecule has 2 heteroatoms. The Balaban J connectivity index is 1.72. The van der Waals surface area contributed by atoms with Crippen molar-refractivity contribution >= 4 is 5.78 Å². The van der Waals surface area contributed by atoms with E-state index in [1.165, 1.54) is 6.07 Å². The molecule has 2 aromatic rings. The molecule has 19 heavy (non-hydrogen) atoms. The maximum absolute atomic E-state index is 13.3. The number of ketones is 1. The van der Waals surface area contributed by atoms with E-state index in [-0.39, 0.29) is 22.9 Å². The molecule has 0 unspecified atom stereocenters. The maximum atomic E-state index is 13.3. The minimum Gasteiger partial charge on any atom is -0.294 e. The molecule has 2 aromatic carbocycles. The quantitative estimate of drug-likeness (QED) is 0.755. The van der Waals surface area contributed by atoms with Gasteiger partial charge in [0, 0.05) is 11.0 Å². The molecule has 2 aliphatic rings. The molecular formula is C17H13FO. The first kappa shape index (κ1) is 10.9. The Morgan fingerprint density at radius 3 is 2.74 bits per heavy atom. The fraction of sp³-hybridized carbons (Fsp3) is 0.235. The average molecular weight is 252 g/mol. The van der Waals surface area contributed by atoms with Crippen LogP contribution >= 0.6 is 0 Å². The summed E-state index contributed by atoms with van der Waals surface area (Å²) in [6.45, 7) is 0. The lowest BCUT2D eigenvalue weighted by atomic mass is 9.95. The Kier molecular flexibility index (Phi) is 2.03. The summed E-state index contributed by atoms with van der Waals surface area (Å²) in [6.07, 6.45) is 1.66. The number of benzene rings is 2. The van der Waals surface area contributed by atoms with Gasteiger partial charge in [0.25, 0.3) is 0 Å². The lowest BCUT2D eigenvalue weighted by Gasteiger charge is -2.07. The zero-order chi connectivity index (χ0) is 13.0. The predicted octanol–water partition coefficient (Wildman–Crippen LogP) is 3.74. The number of hydrogen-bond donors (Lipinski definition) is 0. The second-order valence-corrected chi connectivity index (χ2v) is 5.63. The molecule has 94 valence electrons. The smallest absolute Gasteiger partial charge is 0.170 e. The fourth-order valence-electron chi connectivity index (χ4n) is 3.50. The molecule has 2 aliphatic carbocycles. The third kappa shape index (κ3) is 1.43. The van der Waals surface area contributed by atoms with Crippen LogP contribution in [0.1, 0.15) is 33.8 Å². The molecule has 4 rings (SSSR count). The number of rotatable bonds is 1. The van der Waals surface area contributed by atoms with Crippen molar-refractivity contribution in [2.24, 2.45) is 5.41 Å². The first-order valence-electron chi connectivity index (χ1n) is 6.59. The van der Waals surface area contributed by atoms with Gasteiger partial charge in [-0.25, -0.2) is 4.39 Å². The molecule has 0 amide bonds. The number of carbonyl (C=O) groups excluding carboxylic acids is 1. The van der Waals surface area contributed by atoms with Crippen LogP contribution < -0.4 is 0 Å². The van der Waals surface area contributed by atoms with E-state index in [1.54, 1.807) is 12.1 Å². The molecule has 0 aromatic heterocycles. The standard InChI is InChI=1S/C17H13FO/c18-13-6-3-5-11(8-13)15-10-17(15)9-12-4-1-2-7-14(12)16(17)19/h1-8,15H,9-10H2/t15-,17-/m1/s1. The summed E-state index contributed by atoms with van der Waals surface area (Å²) in [7, 11) is 0. The summed E-state index contributed by atoms with van der Waals surface area (Å²) < 4.78 is 13.3. The fourth-order valence-corrected chi connectivity index (χ4v) is 3.50. The van der Waals surface area contributed by atoms with Crippen LogP contribution in [0.2, 0.25) is 0 Å². The van der Waals surface area contributed by atoms with Crippen molar-refractivity contribution in [2.45, 2.75) is 18.8 Å². The monoisotopic (exact) mass is 252 g/mol. The van der Waals surface area contributed by atoms with Crippen molar-refractivity contribution in [1.29, 1.82) is 0 Å². The minimum atomic E-state index is -0.280. The van der Waals surface area contributed by atoms with Gasteiger partial charge >= 0.3 is 0 Å². The van der Waals surface area contributed by atoms with Gasteiger partial charge in [0.15, 0.2) is 5.78 Å². The van der Waals surface area contributed by atoms with E-state index in [1.807, 2.05) is 30.3 Å². The van der Waals surface area contributed by atoms with Crippen molar-refractivity contribution < 1.29 is 9.18 Å². The molecule has 0 radical (unpaired) electrons.